The maximum absolute atomic E-state index is 13.4. The van der Waals surface area contributed by atoms with Gasteiger partial charge in [0.05, 0.1) is 18.1 Å². The van der Waals surface area contributed by atoms with E-state index in [9.17, 15) is 4.39 Å². The smallest absolute Gasteiger partial charge is 0.123 e. The molecule has 0 aliphatic rings. The molecule has 2 aromatic rings. The molecule has 0 amide bonds. The van der Waals surface area contributed by atoms with Crippen molar-refractivity contribution in [3.63, 3.8) is 0 Å². The van der Waals surface area contributed by atoms with Crippen LogP contribution in [0.1, 0.15) is 30.6 Å². The standard InChI is InChI=1S/C15H19BrFN3/c1-3-6-19-14(15-9-18-10-20(15)2)8-11-7-12(17)4-5-13(11)16/h4-5,7,9-10,14,19H,3,6,8H2,1-2H3. The van der Waals surface area contributed by atoms with Crippen molar-refractivity contribution in [3.05, 3.63) is 52.3 Å². The van der Waals surface area contributed by atoms with E-state index in [1.807, 2.05) is 17.8 Å². The van der Waals surface area contributed by atoms with E-state index in [1.165, 1.54) is 6.07 Å². The van der Waals surface area contributed by atoms with Gasteiger partial charge in [0.15, 0.2) is 0 Å². The molecule has 1 aromatic carbocycles. The number of imidazole rings is 1. The Balaban J connectivity index is 2.23. The maximum Gasteiger partial charge on any atom is 0.123 e. The van der Waals surface area contributed by atoms with Crippen molar-refractivity contribution in [1.29, 1.82) is 0 Å². The molecule has 1 aromatic heterocycles. The number of benzene rings is 1. The van der Waals surface area contributed by atoms with Crippen molar-refractivity contribution < 1.29 is 4.39 Å². The first-order valence-electron chi connectivity index (χ1n) is 6.75. The van der Waals surface area contributed by atoms with Crippen LogP contribution in [0.5, 0.6) is 0 Å². The molecule has 108 valence electrons. The first-order chi connectivity index (χ1) is 9.61. The average Bonchev–Trinajstić information content (AvgIpc) is 2.84. The van der Waals surface area contributed by atoms with Crippen LogP contribution in [0.2, 0.25) is 0 Å². The Labute approximate surface area is 127 Å². The number of aromatic nitrogens is 2. The molecule has 0 aliphatic heterocycles. The molecular formula is C15H19BrFN3. The summed E-state index contributed by atoms with van der Waals surface area (Å²) in [6, 6.07) is 4.93. The SMILES string of the molecule is CCCNC(Cc1cc(F)ccc1Br)c1cncn1C. The summed E-state index contributed by atoms with van der Waals surface area (Å²) < 4.78 is 16.3. The minimum Gasteiger partial charge on any atom is -0.336 e. The van der Waals surface area contributed by atoms with Gasteiger partial charge in [-0.15, -0.1) is 0 Å². The third kappa shape index (κ3) is 3.67. The van der Waals surface area contributed by atoms with Crippen LogP contribution in [0, 0.1) is 5.82 Å². The van der Waals surface area contributed by atoms with E-state index in [1.54, 1.807) is 18.5 Å². The lowest BCUT2D eigenvalue weighted by molar-refractivity contribution is 0.502. The summed E-state index contributed by atoms with van der Waals surface area (Å²) in [5.74, 6) is -0.206. The number of halogens is 2. The van der Waals surface area contributed by atoms with Crippen molar-refractivity contribution in [2.24, 2.45) is 7.05 Å². The molecule has 0 fully saturated rings. The summed E-state index contributed by atoms with van der Waals surface area (Å²) in [5.41, 5.74) is 2.06. The van der Waals surface area contributed by atoms with E-state index >= 15 is 0 Å². The highest BCUT2D eigenvalue weighted by Gasteiger charge is 2.16. The van der Waals surface area contributed by atoms with Crippen LogP contribution >= 0.6 is 15.9 Å². The fourth-order valence-electron chi connectivity index (χ4n) is 2.22. The molecule has 3 nitrogen and oxygen atoms in total. The van der Waals surface area contributed by atoms with Crippen LogP contribution in [-0.4, -0.2) is 16.1 Å². The van der Waals surface area contributed by atoms with E-state index in [-0.39, 0.29) is 11.9 Å². The lowest BCUT2D eigenvalue weighted by Crippen LogP contribution is -2.26. The quantitative estimate of drug-likeness (QED) is 0.871. The molecular weight excluding hydrogens is 321 g/mol. The molecule has 1 N–H and O–H groups in total. The first-order valence-corrected chi connectivity index (χ1v) is 7.54. The van der Waals surface area contributed by atoms with Crippen molar-refractivity contribution in [1.82, 2.24) is 14.9 Å². The molecule has 0 saturated carbocycles. The number of hydrogen-bond acceptors (Lipinski definition) is 2. The molecule has 0 bridgehead atoms. The number of nitrogens with zero attached hydrogens (tertiary/aromatic N) is 2. The van der Waals surface area contributed by atoms with E-state index in [0.29, 0.717) is 0 Å². The van der Waals surface area contributed by atoms with Crippen LogP contribution in [0.25, 0.3) is 0 Å². The Kier molecular flexibility index (Phi) is 5.31. The van der Waals surface area contributed by atoms with Gasteiger partial charge in [-0.3, -0.25) is 0 Å². The van der Waals surface area contributed by atoms with Crippen molar-refractivity contribution in [2.75, 3.05) is 6.54 Å². The van der Waals surface area contributed by atoms with Gasteiger partial charge < -0.3 is 9.88 Å². The van der Waals surface area contributed by atoms with Crippen LogP contribution in [-0.2, 0) is 13.5 Å². The second kappa shape index (κ2) is 6.99. The monoisotopic (exact) mass is 339 g/mol. The summed E-state index contributed by atoms with van der Waals surface area (Å²) in [5, 5.41) is 3.50. The first kappa shape index (κ1) is 15.2. The van der Waals surface area contributed by atoms with Crippen molar-refractivity contribution in [2.45, 2.75) is 25.8 Å². The predicted octanol–water partition coefficient (Wildman–Crippen LogP) is 3.61. The Bertz CT molecular complexity index is 568. The molecule has 0 spiro atoms. The predicted molar refractivity (Wildman–Crippen MR) is 82.0 cm³/mol. The van der Waals surface area contributed by atoms with Gasteiger partial charge in [-0.25, -0.2) is 9.37 Å². The highest BCUT2D eigenvalue weighted by atomic mass is 79.9. The third-order valence-corrected chi connectivity index (χ3v) is 4.06. The van der Waals surface area contributed by atoms with Gasteiger partial charge >= 0.3 is 0 Å². The average molecular weight is 340 g/mol. The molecule has 1 unspecified atom stereocenters. The van der Waals surface area contributed by atoms with Gasteiger partial charge in [0, 0.05) is 17.7 Å². The fourth-order valence-corrected chi connectivity index (χ4v) is 2.63. The summed E-state index contributed by atoms with van der Waals surface area (Å²) in [6.07, 6.45) is 5.42. The lowest BCUT2D eigenvalue weighted by atomic mass is 10.0. The second-order valence-electron chi connectivity index (χ2n) is 4.88. The molecule has 5 heteroatoms. The molecule has 20 heavy (non-hydrogen) atoms. The van der Waals surface area contributed by atoms with Crippen molar-refractivity contribution >= 4 is 15.9 Å². The summed E-state index contributed by atoms with van der Waals surface area (Å²) >= 11 is 3.49. The third-order valence-electron chi connectivity index (χ3n) is 3.28. The van der Waals surface area contributed by atoms with E-state index in [2.05, 4.69) is 33.2 Å². The number of aryl methyl sites for hydroxylation is 1. The molecule has 0 saturated heterocycles. The van der Waals surface area contributed by atoms with Gasteiger partial charge in [-0.05, 0) is 43.1 Å². The molecule has 0 aliphatic carbocycles. The van der Waals surface area contributed by atoms with E-state index in [0.717, 1.165) is 35.1 Å². The molecule has 1 atom stereocenters. The summed E-state index contributed by atoms with van der Waals surface area (Å²) in [7, 11) is 1.98. The Morgan fingerprint density at radius 3 is 2.90 bits per heavy atom. The van der Waals surface area contributed by atoms with Crippen molar-refractivity contribution in [3.8, 4) is 0 Å². The van der Waals surface area contributed by atoms with Crippen LogP contribution < -0.4 is 5.32 Å². The zero-order valence-corrected chi connectivity index (χ0v) is 13.3. The van der Waals surface area contributed by atoms with Gasteiger partial charge in [0.25, 0.3) is 0 Å². The Morgan fingerprint density at radius 2 is 2.25 bits per heavy atom. The summed E-state index contributed by atoms with van der Waals surface area (Å²) in [4.78, 5) is 4.17. The van der Waals surface area contributed by atoms with Crippen LogP contribution in [0.15, 0.2) is 35.2 Å². The zero-order chi connectivity index (χ0) is 14.5. The Morgan fingerprint density at radius 1 is 1.45 bits per heavy atom. The number of rotatable bonds is 6. The van der Waals surface area contributed by atoms with Gasteiger partial charge in [-0.1, -0.05) is 22.9 Å². The maximum atomic E-state index is 13.4. The Hall–Kier alpha value is -1.20. The minimum absolute atomic E-state index is 0.126. The fraction of sp³-hybridized carbons (Fsp3) is 0.400. The second-order valence-corrected chi connectivity index (χ2v) is 5.73. The lowest BCUT2D eigenvalue weighted by Gasteiger charge is -2.20. The van der Waals surface area contributed by atoms with E-state index < -0.39 is 0 Å². The number of nitrogens with one attached hydrogen (secondary N) is 1. The highest BCUT2D eigenvalue weighted by Crippen LogP contribution is 2.24. The van der Waals surface area contributed by atoms with E-state index in [4.69, 9.17) is 0 Å². The zero-order valence-electron chi connectivity index (χ0n) is 11.7. The number of hydrogen-bond donors (Lipinski definition) is 1. The minimum atomic E-state index is -0.206. The molecule has 0 radical (unpaired) electrons. The van der Waals surface area contributed by atoms with Gasteiger partial charge in [-0.2, -0.15) is 0 Å². The van der Waals surface area contributed by atoms with Gasteiger partial charge in [0.2, 0.25) is 0 Å². The highest BCUT2D eigenvalue weighted by molar-refractivity contribution is 9.10. The largest absolute Gasteiger partial charge is 0.336 e. The van der Waals surface area contributed by atoms with Crippen LogP contribution in [0.3, 0.4) is 0 Å². The van der Waals surface area contributed by atoms with Crippen LogP contribution in [0.4, 0.5) is 4.39 Å². The molecule has 1 heterocycles. The van der Waals surface area contributed by atoms with Gasteiger partial charge in [0.1, 0.15) is 5.82 Å². The molecule has 2 rings (SSSR count). The normalized spacial score (nSPS) is 12.6. The summed E-state index contributed by atoms with van der Waals surface area (Å²) in [6.45, 7) is 3.05. The topological polar surface area (TPSA) is 29.9 Å².